The van der Waals surface area contributed by atoms with Gasteiger partial charge in [-0.1, -0.05) is 0 Å². The van der Waals surface area contributed by atoms with E-state index in [0.717, 1.165) is 14.2 Å². The molecule has 6 nitrogen and oxygen atoms in total. The van der Waals surface area contributed by atoms with E-state index in [1.807, 2.05) is 0 Å². The van der Waals surface area contributed by atoms with Crippen LogP contribution in [0.15, 0.2) is 0 Å². The van der Waals surface area contributed by atoms with Gasteiger partial charge in [0.25, 0.3) is 5.85 Å². The summed E-state index contributed by atoms with van der Waals surface area (Å²) in [6.07, 6.45) is 0. The van der Waals surface area contributed by atoms with Gasteiger partial charge < -0.3 is 18.5 Å². The van der Waals surface area contributed by atoms with Crippen molar-refractivity contribution in [3.05, 3.63) is 0 Å². The second kappa shape index (κ2) is 6.95. The molecule has 0 aromatic carbocycles. The van der Waals surface area contributed by atoms with Gasteiger partial charge >= 0.3 is 13.6 Å². The fourth-order valence-corrected chi connectivity index (χ4v) is 1.80. The summed E-state index contributed by atoms with van der Waals surface area (Å²) in [6.45, 7) is -14.5. The molecule has 0 fully saturated rings. The summed E-state index contributed by atoms with van der Waals surface area (Å²) in [4.78, 5) is 11.7. The number of methoxy groups -OCH3 is 2. The topological polar surface area (TPSA) is 71.1 Å². The minimum atomic E-state index is -5.50. The number of esters is 1. The van der Waals surface area contributed by atoms with Crippen LogP contribution in [0.5, 0.6) is 0 Å². The summed E-state index contributed by atoms with van der Waals surface area (Å²) in [6, 6.07) is 0. The first-order valence-corrected chi connectivity index (χ1v) is 5.08. The zero-order valence-corrected chi connectivity index (χ0v) is 8.87. The van der Waals surface area contributed by atoms with Crippen LogP contribution in [0.2, 0.25) is 0 Å². The van der Waals surface area contributed by atoms with E-state index in [0.29, 0.717) is 0 Å². The molecule has 0 amide bonds. The maximum absolute atomic E-state index is 12.8. The van der Waals surface area contributed by atoms with Crippen molar-refractivity contribution >= 4 is 13.6 Å². The third-order valence-corrected chi connectivity index (χ3v) is 2.95. The molecule has 0 aliphatic carbocycles. The van der Waals surface area contributed by atoms with Gasteiger partial charge in [0.2, 0.25) is 0 Å². The van der Waals surface area contributed by atoms with Crippen molar-refractivity contribution in [2.24, 2.45) is 0 Å². The van der Waals surface area contributed by atoms with Gasteiger partial charge in [-0.25, -0.2) is 4.79 Å². The number of hydrogen-bond donors (Lipinski definition) is 0. The molecule has 0 spiro atoms. The van der Waals surface area contributed by atoms with Gasteiger partial charge in [0.15, 0.2) is 0 Å². The molecule has 0 saturated heterocycles. The van der Waals surface area contributed by atoms with Crippen molar-refractivity contribution in [2.75, 3.05) is 27.3 Å². The Labute approximate surface area is 103 Å². The second-order valence-corrected chi connectivity index (χ2v) is 3.95. The SMILES string of the molecule is [2H]C([2H])([2H])C([2H])([2H])OP(=O)(OC([2H])([2H])C([2H])([2H])[2H])C(OC)C(=O)OC. The smallest absolute Gasteiger partial charge is 0.370 e. The Bertz CT molecular complexity index is 496. The highest BCUT2D eigenvalue weighted by molar-refractivity contribution is 7.55. The quantitative estimate of drug-likeness (QED) is 0.502. The normalized spacial score (nSPS) is 27.1. The summed E-state index contributed by atoms with van der Waals surface area (Å²) in [5.41, 5.74) is 0. The Kier molecular flexibility index (Phi) is 2.24. The molecule has 0 N–H and O–H groups in total. The Morgan fingerprint density at radius 1 is 1.40 bits per heavy atom. The molecule has 15 heavy (non-hydrogen) atoms. The lowest BCUT2D eigenvalue weighted by atomic mass is 10.7. The summed E-state index contributed by atoms with van der Waals surface area (Å²) in [5.74, 6) is -3.93. The molecule has 0 aliphatic heterocycles. The Morgan fingerprint density at radius 3 is 2.27 bits per heavy atom. The van der Waals surface area contributed by atoms with Crippen LogP contribution in [0, 0.1) is 0 Å². The largest absolute Gasteiger partial charge is 0.467 e. The zero-order chi connectivity index (χ0) is 20.5. The predicted molar refractivity (Wildman–Crippen MR) is 53.7 cm³/mol. The summed E-state index contributed by atoms with van der Waals surface area (Å²) >= 11 is 0. The Morgan fingerprint density at radius 2 is 1.93 bits per heavy atom. The lowest BCUT2D eigenvalue weighted by Gasteiger charge is -2.22. The van der Waals surface area contributed by atoms with Crippen molar-refractivity contribution < 1.29 is 41.6 Å². The monoisotopic (exact) mass is 250 g/mol. The molecule has 0 aromatic heterocycles. The molecular weight excluding hydrogens is 223 g/mol. The second-order valence-electron chi connectivity index (χ2n) is 2.04. The maximum atomic E-state index is 12.8. The average Bonchev–Trinajstić information content (AvgIpc) is 2.34. The lowest BCUT2D eigenvalue weighted by molar-refractivity contribution is -0.148. The van der Waals surface area contributed by atoms with Crippen molar-refractivity contribution in [2.45, 2.75) is 19.5 Å². The molecule has 0 radical (unpaired) electrons. The van der Waals surface area contributed by atoms with Gasteiger partial charge in [-0.2, -0.15) is 0 Å². The number of carbonyl (C=O) groups excluding carboxylic acids is 1. The first kappa shape index (κ1) is 4.84. The minimum absolute atomic E-state index is 0.761. The highest BCUT2D eigenvalue weighted by Crippen LogP contribution is 2.53. The van der Waals surface area contributed by atoms with Crippen LogP contribution in [-0.2, 0) is 27.9 Å². The standard InChI is InChI=1S/C8H17O6P/c1-5-13-15(10,14-6-2)8(12-4)7(9)11-3/h8H,5-6H2,1-4H3/i1D3,2D3,5D2,6D2. The van der Waals surface area contributed by atoms with Gasteiger partial charge in [-0.15, -0.1) is 0 Å². The lowest BCUT2D eigenvalue weighted by Crippen LogP contribution is -2.26. The molecule has 0 aliphatic rings. The van der Waals surface area contributed by atoms with Crippen LogP contribution in [0.1, 0.15) is 27.4 Å². The third-order valence-electron chi connectivity index (χ3n) is 1.26. The molecule has 0 aromatic rings. The maximum Gasteiger partial charge on any atom is 0.370 e. The molecule has 90 valence electrons. The summed E-state index contributed by atoms with van der Waals surface area (Å²) < 4.78 is 101. The van der Waals surface area contributed by atoms with Crippen LogP contribution >= 0.6 is 7.60 Å². The van der Waals surface area contributed by atoms with E-state index in [2.05, 4.69) is 18.5 Å². The molecule has 1 unspecified atom stereocenters. The van der Waals surface area contributed by atoms with Gasteiger partial charge in [0.1, 0.15) is 0 Å². The van der Waals surface area contributed by atoms with Crippen molar-refractivity contribution in [3.8, 4) is 0 Å². The van der Waals surface area contributed by atoms with E-state index in [1.54, 1.807) is 0 Å². The molecule has 7 heteroatoms. The van der Waals surface area contributed by atoms with Gasteiger partial charge in [-0.3, -0.25) is 4.57 Å². The van der Waals surface area contributed by atoms with Crippen LogP contribution < -0.4 is 0 Å². The van der Waals surface area contributed by atoms with Gasteiger partial charge in [0.05, 0.1) is 25.7 Å². The van der Waals surface area contributed by atoms with E-state index < -0.39 is 46.2 Å². The number of hydrogen-bond acceptors (Lipinski definition) is 6. The number of ether oxygens (including phenoxy) is 2. The summed E-state index contributed by atoms with van der Waals surface area (Å²) in [7, 11) is -3.94. The molecule has 0 saturated carbocycles. The van der Waals surface area contributed by atoms with Crippen LogP contribution in [0.25, 0.3) is 0 Å². The Hall–Kier alpha value is -0.420. The van der Waals surface area contributed by atoms with E-state index in [1.165, 1.54) is 0 Å². The first-order valence-electron chi connectivity index (χ1n) is 8.46. The number of carbonyl (C=O) groups is 1. The molecule has 1 atom stereocenters. The average molecular weight is 250 g/mol. The van der Waals surface area contributed by atoms with Crippen LogP contribution in [0.4, 0.5) is 0 Å². The minimum Gasteiger partial charge on any atom is -0.467 e. The molecule has 0 bridgehead atoms. The summed E-state index contributed by atoms with van der Waals surface area (Å²) in [5, 5.41) is 0. The third kappa shape index (κ3) is 3.91. The first-order chi connectivity index (χ1) is 10.8. The van der Waals surface area contributed by atoms with Crippen molar-refractivity contribution in [1.29, 1.82) is 0 Å². The van der Waals surface area contributed by atoms with Gasteiger partial charge in [-0.05, 0) is 13.7 Å². The zero-order valence-electron chi connectivity index (χ0n) is 18.0. The highest BCUT2D eigenvalue weighted by Gasteiger charge is 2.42. The van der Waals surface area contributed by atoms with Crippen LogP contribution in [-0.4, -0.2) is 39.2 Å². The molecule has 0 heterocycles. The highest BCUT2D eigenvalue weighted by atomic mass is 31.2. The number of rotatable bonds is 7. The van der Waals surface area contributed by atoms with Crippen molar-refractivity contribution in [1.82, 2.24) is 0 Å². The predicted octanol–water partition coefficient (Wildman–Crippen LogP) is 1.40. The fraction of sp³-hybridized carbons (Fsp3) is 0.875. The van der Waals surface area contributed by atoms with Crippen LogP contribution in [0.3, 0.4) is 0 Å². The fourth-order valence-electron chi connectivity index (χ4n) is 0.697. The molecule has 0 rings (SSSR count). The van der Waals surface area contributed by atoms with E-state index in [-0.39, 0.29) is 0 Å². The van der Waals surface area contributed by atoms with E-state index in [4.69, 9.17) is 13.7 Å². The Balaban J connectivity index is 6.16. The van der Waals surface area contributed by atoms with Crippen molar-refractivity contribution in [3.63, 3.8) is 0 Å². The van der Waals surface area contributed by atoms with E-state index >= 15 is 0 Å². The van der Waals surface area contributed by atoms with E-state index in [9.17, 15) is 9.36 Å². The molecular formula is C8H17O6P. The van der Waals surface area contributed by atoms with Gasteiger partial charge in [0, 0.05) is 15.3 Å².